The molecule has 2 N–H and O–H groups in total. The quantitative estimate of drug-likeness (QED) is 0.833. The van der Waals surface area contributed by atoms with Gasteiger partial charge in [-0.3, -0.25) is 5.10 Å². The number of thiazole rings is 1. The van der Waals surface area contributed by atoms with E-state index in [0.29, 0.717) is 6.04 Å². The lowest BCUT2D eigenvalue weighted by molar-refractivity contribution is 0.474. The third-order valence-electron chi connectivity index (χ3n) is 2.88. The smallest absolute Gasteiger partial charge is 0.110 e. The van der Waals surface area contributed by atoms with Crippen molar-refractivity contribution in [2.75, 3.05) is 0 Å². The van der Waals surface area contributed by atoms with Gasteiger partial charge in [-0.25, -0.2) is 4.98 Å². The number of aromatic nitrogens is 3. The van der Waals surface area contributed by atoms with Crippen LogP contribution in [0.5, 0.6) is 0 Å². The number of hydrogen-bond acceptors (Lipinski definition) is 4. The molecule has 4 nitrogen and oxygen atoms in total. The molecule has 2 heterocycles. The van der Waals surface area contributed by atoms with Gasteiger partial charge in [0.15, 0.2) is 0 Å². The van der Waals surface area contributed by atoms with Gasteiger partial charge < -0.3 is 5.32 Å². The fourth-order valence-corrected chi connectivity index (χ4v) is 2.68. The first-order valence-electron chi connectivity index (χ1n) is 5.54. The third kappa shape index (κ3) is 2.15. The summed E-state index contributed by atoms with van der Waals surface area (Å²) in [6, 6.07) is 2.42. The summed E-state index contributed by atoms with van der Waals surface area (Å²) in [4.78, 5) is 4.41. The van der Waals surface area contributed by atoms with E-state index in [9.17, 15) is 0 Å². The topological polar surface area (TPSA) is 53.6 Å². The Bertz CT molecular complexity index is 419. The van der Waals surface area contributed by atoms with Crippen LogP contribution in [-0.2, 0) is 6.54 Å². The summed E-state index contributed by atoms with van der Waals surface area (Å²) in [5.74, 6) is 0.772. The fourth-order valence-electron chi connectivity index (χ4n) is 1.88. The van der Waals surface area contributed by atoms with Gasteiger partial charge in [0.2, 0.25) is 0 Å². The molecular formula is C11H14N4S. The Hall–Kier alpha value is -1.20. The van der Waals surface area contributed by atoms with E-state index in [1.807, 2.05) is 17.6 Å². The van der Waals surface area contributed by atoms with Crippen molar-refractivity contribution in [1.29, 1.82) is 0 Å². The third-order valence-corrected chi connectivity index (χ3v) is 3.74. The second-order valence-electron chi connectivity index (χ2n) is 4.15. The van der Waals surface area contributed by atoms with Crippen molar-refractivity contribution in [3.05, 3.63) is 34.5 Å². The van der Waals surface area contributed by atoms with Crippen LogP contribution in [0.25, 0.3) is 0 Å². The van der Waals surface area contributed by atoms with Crippen LogP contribution in [0.4, 0.5) is 0 Å². The average Bonchev–Trinajstić information content (AvgIpc) is 2.83. The molecule has 1 atom stereocenters. The molecule has 1 aliphatic carbocycles. The van der Waals surface area contributed by atoms with Gasteiger partial charge in [-0.2, -0.15) is 5.10 Å². The highest BCUT2D eigenvalue weighted by Gasteiger charge is 2.33. The van der Waals surface area contributed by atoms with Crippen molar-refractivity contribution in [3.8, 4) is 0 Å². The predicted molar refractivity (Wildman–Crippen MR) is 63.0 cm³/mol. The van der Waals surface area contributed by atoms with Crippen LogP contribution < -0.4 is 5.32 Å². The summed E-state index contributed by atoms with van der Waals surface area (Å²) in [7, 11) is 0. The van der Waals surface area contributed by atoms with Crippen LogP contribution in [-0.4, -0.2) is 15.2 Å². The molecule has 0 aromatic carbocycles. The monoisotopic (exact) mass is 234 g/mol. The number of aromatic amines is 1. The van der Waals surface area contributed by atoms with Crippen LogP contribution in [0.15, 0.2) is 23.8 Å². The van der Waals surface area contributed by atoms with Crippen LogP contribution >= 0.6 is 11.3 Å². The fraction of sp³-hybridized carbons (Fsp3) is 0.455. The van der Waals surface area contributed by atoms with Crippen LogP contribution in [0.2, 0.25) is 0 Å². The molecule has 0 saturated heterocycles. The SMILES string of the molecule is c1cc(CNC(c2nccs2)C2CC2)[nH]n1. The van der Waals surface area contributed by atoms with E-state index in [1.54, 1.807) is 17.5 Å². The number of nitrogens with zero attached hydrogens (tertiary/aromatic N) is 2. The van der Waals surface area contributed by atoms with E-state index in [2.05, 4.69) is 20.5 Å². The Kier molecular flexibility index (Phi) is 2.71. The Morgan fingerprint density at radius 1 is 1.50 bits per heavy atom. The zero-order chi connectivity index (χ0) is 10.8. The maximum atomic E-state index is 4.41. The van der Waals surface area contributed by atoms with Crippen molar-refractivity contribution in [2.45, 2.75) is 25.4 Å². The molecule has 3 rings (SSSR count). The first-order chi connectivity index (χ1) is 7.93. The van der Waals surface area contributed by atoms with E-state index in [-0.39, 0.29) is 0 Å². The summed E-state index contributed by atoms with van der Waals surface area (Å²) in [6.45, 7) is 0.834. The lowest BCUT2D eigenvalue weighted by Gasteiger charge is -2.14. The Labute approximate surface area is 98.1 Å². The van der Waals surface area contributed by atoms with Crippen LogP contribution in [0, 0.1) is 5.92 Å². The highest BCUT2D eigenvalue weighted by atomic mass is 32.1. The molecule has 0 spiro atoms. The lowest BCUT2D eigenvalue weighted by atomic mass is 10.2. The molecule has 1 aliphatic rings. The summed E-state index contributed by atoms with van der Waals surface area (Å²) in [6.07, 6.45) is 6.31. The molecular weight excluding hydrogens is 220 g/mol. The maximum absolute atomic E-state index is 4.41. The van der Waals surface area contributed by atoms with Gasteiger partial charge >= 0.3 is 0 Å². The van der Waals surface area contributed by atoms with Gasteiger partial charge in [-0.15, -0.1) is 11.3 Å². The van der Waals surface area contributed by atoms with Gasteiger partial charge in [-0.05, 0) is 24.8 Å². The highest BCUT2D eigenvalue weighted by Crippen LogP contribution is 2.41. The van der Waals surface area contributed by atoms with Crippen molar-refractivity contribution >= 4 is 11.3 Å². The summed E-state index contributed by atoms with van der Waals surface area (Å²) < 4.78 is 0. The molecule has 2 aromatic rings. The Balaban J connectivity index is 1.66. The lowest BCUT2D eigenvalue weighted by Crippen LogP contribution is -2.22. The van der Waals surface area contributed by atoms with Gasteiger partial charge in [0.25, 0.3) is 0 Å². The second kappa shape index (κ2) is 4.35. The van der Waals surface area contributed by atoms with Crippen molar-refractivity contribution in [3.63, 3.8) is 0 Å². The van der Waals surface area contributed by atoms with Gasteiger partial charge in [-0.1, -0.05) is 0 Å². The molecule has 2 aromatic heterocycles. The van der Waals surface area contributed by atoms with Gasteiger partial charge in [0.1, 0.15) is 5.01 Å². The Morgan fingerprint density at radius 2 is 2.44 bits per heavy atom. The number of hydrogen-bond donors (Lipinski definition) is 2. The van der Waals surface area contributed by atoms with E-state index in [0.717, 1.165) is 18.2 Å². The Morgan fingerprint density at radius 3 is 3.06 bits per heavy atom. The molecule has 1 saturated carbocycles. The molecule has 84 valence electrons. The van der Waals surface area contributed by atoms with Gasteiger partial charge in [0.05, 0.1) is 6.04 Å². The summed E-state index contributed by atoms with van der Waals surface area (Å²) >= 11 is 1.74. The largest absolute Gasteiger partial charge is 0.302 e. The minimum atomic E-state index is 0.420. The van der Waals surface area contributed by atoms with E-state index < -0.39 is 0 Å². The molecule has 0 radical (unpaired) electrons. The number of H-pyrrole nitrogens is 1. The summed E-state index contributed by atoms with van der Waals surface area (Å²) in [5.41, 5.74) is 1.13. The molecule has 5 heteroatoms. The standard InChI is InChI=1S/C11H14N4S/c1-2-8(1)10(11-12-5-6-16-11)13-7-9-3-4-14-15-9/h3-6,8,10,13H,1-2,7H2,(H,14,15). The number of rotatable bonds is 5. The van der Waals surface area contributed by atoms with Crippen LogP contribution in [0.3, 0.4) is 0 Å². The van der Waals surface area contributed by atoms with Crippen LogP contribution in [0.1, 0.15) is 29.6 Å². The van der Waals surface area contributed by atoms with Crippen molar-refractivity contribution in [1.82, 2.24) is 20.5 Å². The van der Waals surface area contributed by atoms with Crippen molar-refractivity contribution < 1.29 is 0 Å². The van der Waals surface area contributed by atoms with E-state index in [1.165, 1.54) is 17.8 Å². The molecule has 0 amide bonds. The average molecular weight is 234 g/mol. The molecule has 0 bridgehead atoms. The molecule has 0 aliphatic heterocycles. The molecule has 16 heavy (non-hydrogen) atoms. The summed E-state index contributed by atoms with van der Waals surface area (Å²) in [5, 5.41) is 13.7. The first kappa shape index (κ1) is 9.99. The number of nitrogens with one attached hydrogen (secondary N) is 2. The minimum absolute atomic E-state index is 0.420. The zero-order valence-electron chi connectivity index (χ0n) is 8.89. The predicted octanol–water partition coefficient (Wildman–Crippen LogP) is 2.11. The van der Waals surface area contributed by atoms with Crippen molar-refractivity contribution in [2.24, 2.45) is 5.92 Å². The molecule has 1 unspecified atom stereocenters. The maximum Gasteiger partial charge on any atom is 0.110 e. The second-order valence-corrected chi connectivity index (χ2v) is 5.07. The van der Waals surface area contributed by atoms with Gasteiger partial charge in [0, 0.05) is 30.0 Å². The normalized spacial score (nSPS) is 17.5. The van der Waals surface area contributed by atoms with E-state index >= 15 is 0 Å². The zero-order valence-corrected chi connectivity index (χ0v) is 9.70. The minimum Gasteiger partial charge on any atom is -0.302 e. The van der Waals surface area contributed by atoms with E-state index in [4.69, 9.17) is 0 Å². The molecule has 1 fully saturated rings. The first-order valence-corrected chi connectivity index (χ1v) is 6.42. The highest BCUT2D eigenvalue weighted by molar-refractivity contribution is 7.09.